The van der Waals surface area contributed by atoms with Gasteiger partial charge in [-0.25, -0.2) is 8.42 Å². The van der Waals surface area contributed by atoms with Gasteiger partial charge in [-0.2, -0.15) is 0 Å². The molecule has 7 heteroatoms. The molecule has 1 N–H and O–H groups in total. The van der Waals surface area contributed by atoms with Crippen LogP contribution in [0.2, 0.25) is 0 Å². The van der Waals surface area contributed by atoms with Gasteiger partial charge in [-0.15, -0.1) is 0 Å². The number of nitrogens with one attached hydrogen (secondary N) is 1. The second kappa shape index (κ2) is 10.5. The second-order valence-electron chi connectivity index (χ2n) is 9.14. The summed E-state index contributed by atoms with van der Waals surface area (Å²) in [6.45, 7) is 10.0. The van der Waals surface area contributed by atoms with E-state index in [1.165, 1.54) is 11.4 Å². The molecule has 1 atom stereocenters. The van der Waals surface area contributed by atoms with Gasteiger partial charge in [-0.05, 0) is 85.8 Å². The average molecular weight is 495 g/mol. The summed E-state index contributed by atoms with van der Waals surface area (Å²) in [6.07, 6.45) is 0. The highest BCUT2D eigenvalue weighted by Crippen LogP contribution is 2.32. The number of benzene rings is 3. The molecule has 0 fully saturated rings. The third-order valence-corrected chi connectivity index (χ3v) is 8.01. The van der Waals surface area contributed by atoms with Crippen molar-refractivity contribution in [3.63, 3.8) is 0 Å². The Labute approximate surface area is 209 Å². The molecule has 0 unspecified atom stereocenters. The Balaban J connectivity index is 1.84. The van der Waals surface area contributed by atoms with Crippen LogP contribution in [-0.4, -0.2) is 28.5 Å². The number of anilines is 1. The smallest absolute Gasteiger partial charge is 0.264 e. The van der Waals surface area contributed by atoms with Gasteiger partial charge in [-0.1, -0.05) is 37.6 Å². The zero-order valence-electron chi connectivity index (χ0n) is 21.4. The predicted molar refractivity (Wildman–Crippen MR) is 141 cm³/mol. The minimum absolute atomic E-state index is 0.199. The van der Waals surface area contributed by atoms with Crippen LogP contribution in [0.25, 0.3) is 0 Å². The van der Waals surface area contributed by atoms with Crippen molar-refractivity contribution in [1.82, 2.24) is 5.32 Å². The van der Waals surface area contributed by atoms with Gasteiger partial charge < -0.3 is 10.1 Å². The lowest BCUT2D eigenvalue weighted by Gasteiger charge is -2.22. The number of amides is 1. The number of hydrogen-bond acceptors (Lipinski definition) is 4. The maximum atomic E-state index is 13.1. The van der Waals surface area contributed by atoms with Crippen LogP contribution in [0, 0.1) is 13.8 Å². The first-order valence-corrected chi connectivity index (χ1v) is 13.0. The highest BCUT2D eigenvalue weighted by atomic mass is 32.2. The molecule has 0 aliphatic rings. The van der Waals surface area contributed by atoms with Crippen LogP contribution >= 0.6 is 0 Å². The van der Waals surface area contributed by atoms with Gasteiger partial charge in [-0.3, -0.25) is 9.10 Å². The lowest BCUT2D eigenvalue weighted by Crippen LogP contribution is -2.29. The Kier molecular flexibility index (Phi) is 7.90. The fourth-order valence-corrected chi connectivity index (χ4v) is 5.21. The normalized spacial score (nSPS) is 12.3. The Morgan fingerprint density at radius 2 is 1.60 bits per heavy atom. The van der Waals surface area contributed by atoms with Crippen molar-refractivity contribution in [2.75, 3.05) is 18.5 Å². The molecular formula is C28H34N2O4S. The molecule has 3 aromatic carbocycles. The molecular weight excluding hydrogens is 460 g/mol. The first-order valence-electron chi connectivity index (χ1n) is 11.6. The van der Waals surface area contributed by atoms with E-state index >= 15 is 0 Å². The zero-order chi connectivity index (χ0) is 25.9. The van der Waals surface area contributed by atoms with E-state index in [1.807, 2.05) is 26.8 Å². The molecule has 3 aromatic rings. The summed E-state index contributed by atoms with van der Waals surface area (Å²) in [5.74, 6) is 0.835. The molecule has 186 valence electrons. The van der Waals surface area contributed by atoms with Crippen LogP contribution < -0.4 is 14.4 Å². The average Bonchev–Trinajstić information content (AvgIpc) is 2.83. The van der Waals surface area contributed by atoms with Gasteiger partial charge in [0.15, 0.2) is 0 Å². The van der Waals surface area contributed by atoms with Crippen LogP contribution in [0.5, 0.6) is 5.75 Å². The van der Waals surface area contributed by atoms with Gasteiger partial charge in [0.1, 0.15) is 5.75 Å². The van der Waals surface area contributed by atoms with Crippen LogP contribution in [0.15, 0.2) is 65.6 Å². The lowest BCUT2D eigenvalue weighted by atomic mass is 9.93. The molecule has 0 spiro atoms. The Morgan fingerprint density at radius 3 is 2.20 bits per heavy atom. The summed E-state index contributed by atoms with van der Waals surface area (Å²) in [5, 5.41) is 3.05. The fraction of sp³-hybridized carbons (Fsp3) is 0.321. The largest absolute Gasteiger partial charge is 0.496 e. The summed E-state index contributed by atoms with van der Waals surface area (Å²) >= 11 is 0. The fourth-order valence-electron chi connectivity index (χ4n) is 4.02. The third kappa shape index (κ3) is 5.68. The number of sulfonamides is 1. The molecule has 6 nitrogen and oxygen atoms in total. The topological polar surface area (TPSA) is 75.7 Å². The van der Waals surface area contributed by atoms with Gasteiger partial charge in [0, 0.05) is 12.6 Å². The summed E-state index contributed by atoms with van der Waals surface area (Å²) in [5.41, 5.74) is 4.89. The molecule has 35 heavy (non-hydrogen) atoms. The zero-order valence-corrected chi connectivity index (χ0v) is 22.2. The number of aryl methyl sites for hydroxylation is 2. The first kappa shape index (κ1) is 26.3. The summed E-state index contributed by atoms with van der Waals surface area (Å²) in [6, 6.07) is 17.2. The van der Waals surface area contributed by atoms with Gasteiger partial charge in [0.2, 0.25) is 0 Å². The number of rotatable bonds is 8. The van der Waals surface area contributed by atoms with Crippen molar-refractivity contribution >= 4 is 21.6 Å². The van der Waals surface area contributed by atoms with Gasteiger partial charge in [0.25, 0.3) is 15.9 Å². The number of carbonyl (C=O) groups is 1. The van der Waals surface area contributed by atoms with E-state index in [2.05, 4.69) is 25.2 Å². The van der Waals surface area contributed by atoms with Crippen molar-refractivity contribution in [2.45, 2.75) is 51.5 Å². The minimum atomic E-state index is -3.75. The van der Waals surface area contributed by atoms with Gasteiger partial charge in [0.05, 0.1) is 23.7 Å². The molecule has 0 aliphatic carbocycles. The number of nitrogens with zero attached hydrogens (tertiary/aromatic N) is 1. The van der Waals surface area contributed by atoms with Crippen molar-refractivity contribution in [1.29, 1.82) is 0 Å². The molecule has 3 rings (SSSR count). The molecule has 0 aromatic heterocycles. The third-order valence-electron chi connectivity index (χ3n) is 6.21. The summed E-state index contributed by atoms with van der Waals surface area (Å²) in [4.78, 5) is 13.3. The van der Waals surface area contributed by atoms with Gasteiger partial charge >= 0.3 is 0 Å². The quantitative estimate of drug-likeness (QED) is 0.433. The molecule has 0 heterocycles. The monoisotopic (exact) mass is 494 g/mol. The van der Waals surface area contributed by atoms with Crippen molar-refractivity contribution < 1.29 is 17.9 Å². The summed E-state index contributed by atoms with van der Waals surface area (Å²) in [7, 11) is -0.602. The Bertz CT molecular complexity index is 1320. The van der Waals surface area contributed by atoms with E-state index in [0.29, 0.717) is 11.3 Å². The molecule has 0 radical (unpaired) electrons. The number of ether oxygens (including phenoxy) is 1. The molecule has 1 amide bonds. The molecule has 0 saturated carbocycles. The minimum Gasteiger partial charge on any atom is -0.496 e. The number of hydrogen-bond donors (Lipinski definition) is 1. The van der Waals surface area contributed by atoms with Crippen molar-refractivity contribution in [3.05, 3.63) is 88.5 Å². The SMILES string of the molecule is COc1cc(C)c([C@H](C)NC(=O)c2cccc(N(C)S(=O)(=O)c3ccc(C)cc3)c2)cc1C(C)C. The predicted octanol–water partition coefficient (Wildman–Crippen LogP) is 5.75. The van der Waals surface area contributed by atoms with Crippen LogP contribution in [-0.2, 0) is 10.0 Å². The highest BCUT2D eigenvalue weighted by Gasteiger charge is 2.23. The van der Waals surface area contributed by atoms with Crippen LogP contribution in [0.4, 0.5) is 5.69 Å². The number of methoxy groups -OCH3 is 1. The van der Waals surface area contributed by atoms with Crippen LogP contribution in [0.3, 0.4) is 0 Å². The highest BCUT2D eigenvalue weighted by molar-refractivity contribution is 7.92. The molecule has 0 saturated heterocycles. The van der Waals surface area contributed by atoms with E-state index in [1.54, 1.807) is 55.6 Å². The Morgan fingerprint density at radius 1 is 0.943 bits per heavy atom. The van der Waals surface area contributed by atoms with E-state index in [-0.39, 0.29) is 22.8 Å². The van der Waals surface area contributed by atoms with Crippen molar-refractivity contribution in [3.8, 4) is 5.75 Å². The maximum absolute atomic E-state index is 13.1. The maximum Gasteiger partial charge on any atom is 0.264 e. The standard InChI is InChI=1S/C28H34N2O4S/c1-18(2)25-17-26(20(4)15-27(25)34-7)21(5)29-28(31)22-9-8-10-23(16-22)30(6)35(32,33)24-13-11-19(3)12-14-24/h8-18,21H,1-7H3,(H,29,31)/t21-/m0/s1. The lowest BCUT2D eigenvalue weighted by molar-refractivity contribution is 0.0940. The Hall–Kier alpha value is -3.32. The van der Waals surface area contributed by atoms with E-state index in [9.17, 15) is 13.2 Å². The summed E-state index contributed by atoms with van der Waals surface area (Å²) < 4.78 is 32.9. The molecule has 0 aliphatic heterocycles. The second-order valence-corrected chi connectivity index (χ2v) is 11.1. The van der Waals surface area contributed by atoms with E-state index in [0.717, 1.165) is 28.0 Å². The van der Waals surface area contributed by atoms with E-state index in [4.69, 9.17) is 4.74 Å². The molecule has 0 bridgehead atoms. The van der Waals surface area contributed by atoms with Crippen LogP contribution in [0.1, 0.15) is 65.3 Å². The number of carbonyl (C=O) groups excluding carboxylic acids is 1. The van der Waals surface area contributed by atoms with Crippen molar-refractivity contribution in [2.24, 2.45) is 0 Å². The van der Waals surface area contributed by atoms with E-state index < -0.39 is 10.0 Å². The first-order chi connectivity index (χ1) is 16.4.